The van der Waals surface area contributed by atoms with Gasteiger partial charge in [-0.15, -0.1) is 0 Å². The lowest BCUT2D eigenvalue weighted by molar-refractivity contribution is -0.132. The van der Waals surface area contributed by atoms with Gasteiger partial charge in [-0.25, -0.2) is 0 Å². The van der Waals surface area contributed by atoms with Gasteiger partial charge in [0.2, 0.25) is 5.91 Å². The van der Waals surface area contributed by atoms with Crippen LogP contribution in [0.15, 0.2) is 42.5 Å². The maximum atomic E-state index is 12.7. The van der Waals surface area contributed by atoms with E-state index in [0.29, 0.717) is 18.4 Å². The maximum Gasteiger partial charge on any atom is 0.227 e. The first-order valence-electron chi connectivity index (χ1n) is 8.39. The highest BCUT2D eigenvalue weighted by atomic mass is 16.2. The van der Waals surface area contributed by atoms with Crippen LogP contribution in [0.25, 0.3) is 10.8 Å². The number of hydrogen-bond donors (Lipinski definition) is 0. The summed E-state index contributed by atoms with van der Waals surface area (Å²) >= 11 is 0. The molecule has 2 heteroatoms. The first-order chi connectivity index (χ1) is 10.7. The molecule has 0 bridgehead atoms. The van der Waals surface area contributed by atoms with Crippen molar-refractivity contribution in [2.45, 2.75) is 45.1 Å². The summed E-state index contributed by atoms with van der Waals surface area (Å²) in [6, 6.07) is 15.0. The summed E-state index contributed by atoms with van der Waals surface area (Å²) in [5.41, 5.74) is 1.14. The number of benzene rings is 2. The molecule has 3 rings (SSSR count). The molecule has 1 amide bonds. The van der Waals surface area contributed by atoms with Crippen LogP contribution in [0, 0.1) is 5.92 Å². The summed E-state index contributed by atoms with van der Waals surface area (Å²) in [5, 5.41) is 2.41. The molecule has 1 aliphatic rings. The number of fused-ring (bicyclic) bond motifs is 1. The Bertz CT molecular complexity index is 658. The smallest absolute Gasteiger partial charge is 0.227 e. The molecule has 0 N–H and O–H groups in total. The average molecular weight is 295 g/mol. The van der Waals surface area contributed by atoms with E-state index in [0.717, 1.165) is 12.0 Å². The second-order valence-electron chi connectivity index (χ2n) is 6.65. The van der Waals surface area contributed by atoms with E-state index in [1.165, 1.54) is 30.0 Å². The highest BCUT2D eigenvalue weighted by molar-refractivity contribution is 5.90. The van der Waals surface area contributed by atoms with Gasteiger partial charge in [-0.2, -0.15) is 0 Å². The summed E-state index contributed by atoms with van der Waals surface area (Å²) in [4.78, 5) is 14.7. The van der Waals surface area contributed by atoms with Gasteiger partial charge in [-0.1, -0.05) is 62.2 Å². The molecule has 2 nitrogen and oxygen atoms in total. The zero-order chi connectivity index (χ0) is 15.5. The highest BCUT2D eigenvalue weighted by Crippen LogP contribution is 2.28. The molecule has 0 aliphatic heterocycles. The van der Waals surface area contributed by atoms with E-state index < -0.39 is 0 Å². The van der Waals surface area contributed by atoms with E-state index in [2.05, 4.69) is 31.2 Å². The molecule has 2 aromatic rings. The lowest BCUT2D eigenvalue weighted by Gasteiger charge is -2.36. The molecule has 2 atom stereocenters. The van der Waals surface area contributed by atoms with Crippen LogP contribution in [-0.2, 0) is 11.2 Å². The molecule has 1 aliphatic carbocycles. The number of amides is 1. The largest absolute Gasteiger partial charge is 0.342 e. The fraction of sp³-hybridized carbons (Fsp3) is 0.450. The number of likely N-dealkylation sites (N-methyl/N-ethyl adjacent to an activating group) is 1. The van der Waals surface area contributed by atoms with E-state index in [1.54, 1.807) is 0 Å². The molecule has 1 fully saturated rings. The number of hydrogen-bond acceptors (Lipinski definition) is 1. The van der Waals surface area contributed by atoms with Crippen LogP contribution in [0.3, 0.4) is 0 Å². The molecule has 0 aromatic heterocycles. The van der Waals surface area contributed by atoms with Crippen LogP contribution in [0.1, 0.15) is 38.2 Å². The SMILES string of the molecule is CC1CCCCC1N(C)C(=O)Cc1cccc2ccccc12. The predicted molar refractivity (Wildman–Crippen MR) is 91.8 cm³/mol. The van der Waals surface area contributed by atoms with Gasteiger partial charge in [0.15, 0.2) is 0 Å². The molecule has 2 aromatic carbocycles. The van der Waals surface area contributed by atoms with Crippen molar-refractivity contribution in [1.82, 2.24) is 4.90 Å². The van der Waals surface area contributed by atoms with Gasteiger partial charge in [0, 0.05) is 13.1 Å². The summed E-state index contributed by atoms with van der Waals surface area (Å²) in [7, 11) is 1.99. The fourth-order valence-corrected chi connectivity index (χ4v) is 3.79. The van der Waals surface area contributed by atoms with Crippen LogP contribution in [0.2, 0.25) is 0 Å². The molecule has 0 spiro atoms. The maximum absolute atomic E-state index is 12.7. The Morgan fingerprint density at radius 2 is 1.82 bits per heavy atom. The van der Waals surface area contributed by atoms with Crippen molar-refractivity contribution in [2.75, 3.05) is 7.05 Å². The van der Waals surface area contributed by atoms with Crippen LogP contribution < -0.4 is 0 Å². The zero-order valence-corrected chi connectivity index (χ0v) is 13.6. The number of rotatable bonds is 3. The van der Waals surface area contributed by atoms with Gasteiger partial charge in [0.25, 0.3) is 0 Å². The third kappa shape index (κ3) is 3.01. The van der Waals surface area contributed by atoms with Gasteiger partial charge in [-0.3, -0.25) is 4.79 Å². The molecular weight excluding hydrogens is 270 g/mol. The van der Waals surface area contributed by atoms with Crippen LogP contribution in [0.4, 0.5) is 0 Å². The normalized spacial score (nSPS) is 21.7. The quantitative estimate of drug-likeness (QED) is 0.821. The third-order valence-electron chi connectivity index (χ3n) is 5.18. The highest BCUT2D eigenvalue weighted by Gasteiger charge is 2.27. The summed E-state index contributed by atoms with van der Waals surface area (Å²) in [6.07, 6.45) is 5.46. The number of carbonyl (C=O) groups is 1. The van der Waals surface area contributed by atoms with Crippen molar-refractivity contribution in [2.24, 2.45) is 5.92 Å². The third-order valence-corrected chi connectivity index (χ3v) is 5.18. The predicted octanol–water partition coefficient (Wildman–Crippen LogP) is 4.42. The monoisotopic (exact) mass is 295 g/mol. The molecular formula is C20H25NO. The van der Waals surface area contributed by atoms with Gasteiger partial charge >= 0.3 is 0 Å². The van der Waals surface area contributed by atoms with Gasteiger partial charge in [0.1, 0.15) is 0 Å². The Hall–Kier alpha value is -1.83. The molecule has 116 valence electrons. The Kier molecular flexibility index (Phi) is 4.47. The first-order valence-corrected chi connectivity index (χ1v) is 8.39. The second-order valence-corrected chi connectivity index (χ2v) is 6.65. The van der Waals surface area contributed by atoms with Gasteiger partial charge in [-0.05, 0) is 35.1 Å². The zero-order valence-electron chi connectivity index (χ0n) is 13.6. The van der Waals surface area contributed by atoms with Gasteiger partial charge in [0.05, 0.1) is 6.42 Å². The first kappa shape index (κ1) is 15.1. The Morgan fingerprint density at radius 1 is 1.09 bits per heavy atom. The lowest BCUT2D eigenvalue weighted by atomic mass is 9.85. The van der Waals surface area contributed by atoms with Crippen molar-refractivity contribution in [3.63, 3.8) is 0 Å². The van der Waals surface area contributed by atoms with E-state index in [9.17, 15) is 4.79 Å². The van der Waals surface area contributed by atoms with Crippen molar-refractivity contribution < 1.29 is 4.79 Å². The molecule has 1 saturated carbocycles. The minimum absolute atomic E-state index is 0.245. The van der Waals surface area contributed by atoms with Crippen molar-refractivity contribution in [1.29, 1.82) is 0 Å². The van der Waals surface area contributed by atoms with Crippen LogP contribution in [-0.4, -0.2) is 23.9 Å². The fourth-order valence-electron chi connectivity index (χ4n) is 3.79. The number of nitrogens with zero attached hydrogens (tertiary/aromatic N) is 1. The average Bonchev–Trinajstić information content (AvgIpc) is 2.55. The van der Waals surface area contributed by atoms with Gasteiger partial charge < -0.3 is 4.90 Å². The molecule has 0 heterocycles. The van der Waals surface area contributed by atoms with Crippen molar-refractivity contribution >= 4 is 16.7 Å². The van der Waals surface area contributed by atoms with E-state index in [1.807, 2.05) is 30.1 Å². The van der Waals surface area contributed by atoms with Crippen LogP contribution in [0.5, 0.6) is 0 Å². The topological polar surface area (TPSA) is 20.3 Å². The molecule has 2 unspecified atom stereocenters. The van der Waals surface area contributed by atoms with E-state index in [-0.39, 0.29) is 5.91 Å². The minimum atomic E-state index is 0.245. The van der Waals surface area contributed by atoms with E-state index >= 15 is 0 Å². The Morgan fingerprint density at radius 3 is 2.64 bits per heavy atom. The summed E-state index contributed by atoms with van der Waals surface area (Å²) in [6.45, 7) is 2.28. The second kappa shape index (κ2) is 6.51. The van der Waals surface area contributed by atoms with Crippen molar-refractivity contribution in [3.8, 4) is 0 Å². The number of carbonyl (C=O) groups excluding carboxylic acids is 1. The standard InChI is InChI=1S/C20H25NO/c1-15-8-3-6-13-19(15)21(2)20(22)14-17-11-7-10-16-9-4-5-12-18(16)17/h4-5,7,9-12,15,19H,3,6,8,13-14H2,1-2H3. The lowest BCUT2D eigenvalue weighted by Crippen LogP contribution is -2.43. The Labute approximate surface area is 133 Å². The Balaban J connectivity index is 1.78. The molecule has 22 heavy (non-hydrogen) atoms. The van der Waals surface area contributed by atoms with Crippen molar-refractivity contribution in [3.05, 3.63) is 48.0 Å². The summed E-state index contributed by atoms with van der Waals surface area (Å²) in [5.74, 6) is 0.866. The molecule has 0 radical (unpaired) electrons. The summed E-state index contributed by atoms with van der Waals surface area (Å²) < 4.78 is 0. The van der Waals surface area contributed by atoms with Crippen LogP contribution >= 0.6 is 0 Å². The molecule has 0 saturated heterocycles. The minimum Gasteiger partial charge on any atom is -0.342 e. The van der Waals surface area contributed by atoms with E-state index in [4.69, 9.17) is 0 Å².